The van der Waals surface area contributed by atoms with Gasteiger partial charge in [-0.25, -0.2) is 9.69 Å². The summed E-state index contributed by atoms with van der Waals surface area (Å²) in [5.74, 6) is -0.336. The fourth-order valence-electron chi connectivity index (χ4n) is 2.94. The van der Waals surface area contributed by atoms with Crippen molar-refractivity contribution in [2.24, 2.45) is 0 Å². The summed E-state index contributed by atoms with van der Waals surface area (Å²) < 4.78 is 10.5. The van der Waals surface area contributed by atoms with E-state index in [2.05, 4.69) is 5.32 Å². The summed E-state index contributed by atoms with van der Waals surface area (Å²) in [7, 11) is 1.54. The number of alkyl carbamates (subject to hydrolysis) is 1. The molecule has 1 atom stereocenters. The van der Waals surface area contributed by atoms with E-state index in [0.717, 1.165) is 4.90 Å². The van der Waals surface area contributed by atoms with E-state index in [0.29, 0.717) is 22.4 Å². The second-order valence-corrected chi connectivity index (χ2v) is 7.35. The number of imide groups is 1. The second-order valence-electron chi connectivity index (χ2n) is 7.35. The molecule has 0 saturated heterocycles. The number of benzene rings is 2. The lowest BCUT2D eigenvalue weighted by molar-refractivity contribution is 0.0385. The van der Waals surface area contributed by atoms with Gasteiger partial charge in [-0.2, -0.15) is 0 Å². The first kappa shape index (κ1) is 19.4. The van der Waals surface area contributed by atoms with Crippen molar-refractivity contribution in [2.45, 2.75) is 32.5 Å². The maximum absolute atomic E-state index is 12.9. The Morgan fingerprint density at radius 2 is 1.50 bits per heavy atom. The minimum absolute atomic E-state index is 0.303. The largest absolute Gasteiger partial charge is 0.497 e. The molecule has 2 aromatic carbocycles. The van der Waals surface area contributed by atoms with Gasteiger partial charge in [0.25, 0.3) is 11.8 Å². The van der Waals surface area contributed by atoms with Crippen molar-refractivity contribution in [3.8, 4) is 5.75 Å². The number of nitrogens with one attached hydrogen (secondary N) is 1. The maximum Gasteiger partial charge on any atom is 0.409 e. The Hall–Kier alpha value is -3.35. The van der Waals surface area contributed by atoms with Gasteiger partial charge >= 0.3 is 6.09 Å². The number of hydrogen-bond donors (Lipinski definition) is 1. The highest BCUT2D eigenvalue weighted by atomic mass is 16.6. The molecule has 146 valence electrons. The van der Waals surface area contributed by atoms with Crippen LogP contribution in [0.1, 0.15) is 53.2 Å². The first-order valence-corrected chi connectivity index (χ1v) is 8.81. The van der Waals surface area contributed by atoms with Crippen LogP contribution < -0.4 is 10.1 Å². The molecular weight excluding hydrogens is 360 g/mol. The van der Waals surface area contributed by atoms with Crippen LogP contribution in [0.3, 0.4) is 0 Å². The fourth-order valence-corrected chi connectivity index (χ4v) is 2.94. The van der Waals surface area contributed by atoms with Crippen LogP contribution in [-0.2, 0) is 4.74 Å². The Kier molecular flexibility index (Phi) is 5.09. The minimum atomic E-state index is -1.02. The van der Waals surface area contributed by atoms with Gasteiger partial charge < -0.3 is 9.47 Å². The Morgan fingerprint density at radius 3 is 1.96 bits per heavy atom. The summed E-state index contributed by atoms with van der Waals surface area (Å²) >= 11 is 0. The van der Waals surface area contributed by atoms with Crippen LogP contribution in [0.5, 0.6) is 5.75 Å². The van der Waals surface area contributed by atoms with E-state index in [1.165, 1.54) is 7.11 Å². The lowest BCUT2D eigenvalue weighted by Gasteiger charge is -2.29. The third-order valence-electron chi connectivity index (χ3n) is 4.17. The molecule has 2 aromatic rings. The first-order chi connectivity index (χ1) is 13.2. The predicted octanol–water partition coefficient (Wildman–Crippen LogP) is 3.51. The van der Waals surface area contributed by atoms with Gasteiger partial charge in [0.2, 0.25) is 0 Å². The Morgan fingerprint density at radius 1 is 0.964 bits per heavy atom. The van der Waals surface area contributed by atoms with Crippen LogP contribution in [0.15, 0.2) is 48.5 Å². The number of fused-ring (bicyclic) bond motifs is 1. The van der Waals surface area contributed by atoms with Gasteiger partial charge in [-0.1, -0.05) is 24.3 Å². The van der Waals surface area contributed by atoms with Crippen molar-refractivity contribution >= 4 is 17.9 Å². The molecule has 1 unspecified atom stereocenters. The SMILES string of the molecule is COc1ccc(C(NC(=O)OC(C)(C)C)N2C(=O)c3ccccc3C2=O)cc1. The van der Waals surface area contributed by atoms with E-state index >= 15 is 0 Å². The van der Waals surface area contributed by atoms with Gasteiger partial charge in [0.05, 0.1) is 18.2 Å². The quantitative estimate of drug-likeness (QED) is 0.818. The Balaban J connectivity index is 1.97. The molecule has 0 aromatic heterocycles. The van der Waals surface area contributed by atoms with E-state index < -0.39 is 29.7 Å². The van der Waals surface area contributed by atoms with Gasteiger partial charge in [-0.05, 0) is 50.6 Å². The average Bonchev–Trinajstić information content (AvgIpc) is 2.90. The lowest BCUT2D eigenvalue weighted by Crippen LogP contribution is -2.45. The first-order valence-electron chi connectivity index (χ1n) is 8.81. The molecule has 0 fully saturated rings. The van der Waals surface area contributed by atoms with E-state index in [1.54, 1.807) is 69.3 Å². The molecule has 1 heterocycles. The van der Waals surface area contributed by atoms with E-state index in [4.69, 9.17) is 9.47 Å². The number of amides is 3. The summed E-state index contributed by atoms with van der Waals surface area (Å²) in [5, 5.41) is 2.65. The molecule has 0 spiro atoms. The number of hydrogen-bond acceptors (Lipinski definition) is 5. The maximum atomic E-state index is 12.9. The summed E-state index contributed by atoms with van der Waals surface area (Å²) in [6.07, 6.45) is -1.75. The van der Waals surface area contributed by atoms with E-state index in [1.807, 2.05) is 0 Å². The molecule has 7 heteroatoms. The normalized spacial score (nSPS) is 14.5. The molecule has 0 saturated carbocycles. The molecule has 1 aliphatic rings. The van der Waals surface area contributed by atoms with Crippen molar-refractivity contribution in [3.63, 3.8) is 0 Å². The molecule has 7 nitrogen and oxygen atoms in total. The third kappa shape index (κ3) is 3.83. The predicted molar refractivity (Wildman–Crippen MR) is 102 cm³/mol. The zero-order valence-corrected chi connectivity index (χ0v) is 16.2. The summed E-state index contributed by atoms with van der Waals surface area (Å²) in [6.45, 7) is 5.20. The van der Waals surface area contributed by atoms with Crippen LogP contribution >= 0.6 is 0 Å². The van der Waals surface area contributed by atoms with Crippen LogP contribution in [0.2, 0.25) is 0 Å². The van der Waals surface area contributed by atoms with Crippen molar-refractivity contribution in [3.05, 3.63) is 65.2 Å². The van der Waals surface area contributed by atoms with Crippen molar-refractivity contribution in [1.82, 2.24) is 10.2 Å². The van der Waals surface area contributed by atoms with Crippen LogP contribution in [0.4, 0.5) is 4.79 Å². The van der Waals surface area contributed by atoms with Crippen LogP contribution in [0, 0.1) is 0 Å². The number of methoxy groups -OCH3 is 1. The van der Waals surface area contributed by atoms with Crippen LogP contribution in [-0.4, -0.2) is 35.5 Å². The highest BCUT2D eigenvalue weighted by Crippen LogP contribution is 2.31. The lowest BCUT2D eigenvalue weighted by atomic mass is 10.1. The van der Waals surface area contributed by atoms with Crippen molar-refractivity contribution < 1.29 is 23.9 Å². The second kappa shape index (κ2) is 7.34. The summed E-state index contributed by atoms with van der Waals surface area (Å²) in [5.41, 5.74) is 0.423. The molecule has 3 rings (SSSR count). The molecule has 0 radical (unpaired) electrons. The van der Waals surface area contributed by atoms with Gasteiger partial charge in [-0.15, -0.1) is 0 Å². The monoisotopic (exact) mass is 382 g/mol. The number of carbonyl (C=O) groups is 3. The van der Waals surface area contributed by atoms with E-state index in [9.17, 15) is 14.4 Å². The average molecular weight is 382 g/mol. The standard InChI is InChI=1S/C21H22N2O5/c1-21(2,3)28-20(26)22-17(13-9-11-14(27-4)12-10-13)23-18(24)15-7-5-6-8-16(15)19(23)25/h5-12,17H,1-4H3,(H,22,26). The summed E-state index contributed by atoms with van der Waals surface area (Å²) in [4.78, 5) is 39.2. The number of nitrogens with zero attached hydrogens (tertiary/aromatic N) is 1. The topological polar surface area (TPSA) is 84.9 Å². The molecule has 1 N–H and O–H groups in total. The molecule has 1 aliphatic heterocycles. The molecule has 0 aliphatic carbocycles. The van der Waals surface area contributed by atoms with E-state index in [-0.39, 0.29) is 0 Å². The Bertz CT molecular complexity index is 880. The zero-order chi connectivity index (χ0) is 20.5. The highest BCUT2D eigenvalue weighted by molar-refractivity contribution is 6.21. The van der Waals surface area contributed by atoms with Gasteiger partial charge in [-0.3, -0.25) is 14.9 Å². The molecule has 28 heavy (non-hydrogen) atoms. The highest BCUT2D eigenvalue weighted by Gasteiger charge is 2.41. The number of rotatable bonds is 4. The van der Waals surface area contributed by atoms with Crippen molar-refractivity contribution in [1.29, 1.82) is 0 Å². The molecular formula is C21H22N2O5. The smallest absolute Gasteiger partial charge is 0.409 e. The van der Waals surface area contributed by atoms with Gasteiger partial charge in [0.15, 0.2) is 0 Å². The Labute approximate surface area is 163 Å². The van der Waals surface area contributed by atoms with Crippen molar-refractivity contribution in [2.75, 3.05) is 7.11 Å². The minimum Gasteiger partial charge on any atom is -0.497 e. The fraction of sp³-hybridized carbons (Fsp3) is 0.286. The van der Waals surface area contributed by atoms with Gasteiger partial charge in [0, 0.05) is 0 Å². The third-order valence-corrected chi connectivity index (χ3v) is 4.17. The summed E-state index contributed by atoms with van der Waals surface area (Å²) in [6, 6.07) is 13.3. The molecule has 0 bridgehead atoms. The van der Waals surface area contributed by atoms with Gasteiger partial charge in [0.1, 0.15) is 17.5 Å². The number of ether oxygens (including phenoxy) is 2. The van der Waals surface area contributed by atoms with Crippen LogP contribution in [0.25, 0.3) is 0 Å². The zero-order valence-electron chi connectivity index (χ0n) is 16.2. The number of carbonyl (C=O) groups excluding carboxylic acids is 3. The molecule has 3 amide bonds.